The van der Waals surface area contributed by atoms with Crippen LogP contribution >= 0.6 is 23.2 Å². The van der Waals surface area contributed by atoms with E-state index < -0.39 is 0 Å². The fourth-order valence-corrected chi connectivity index (χ4v) is 3.06. The molecule has 108 valence electrons. The molecule has 3 nitrogen and oxygen atoms in total. The standard InChI is InChI=1S/C15H18Cl2N2O/c1-10-8-12(10)15(20)19-6-4-18(5-7-19)11-2-3-13(16)14(17)9-11/h2-3,9-10,12H,4-8H2,1H3. The average Bonchev–Trinajstić information content (AvgIpc) is 3.18. The minimum Gasteiger partial charge on any atom is -0.368 e. The lowest BCUT2D eigenvalue weighted by molar-refractivity contribution is -0.133. The van der Waals surface area contributed by atoms with Gasteiger partial charge < -0.3 is 9.80 Å². The molecule has 5 heteroatoms. The van der Waals surface area contributed by atoms with Crippen molar-refractivity contribution in [2.75, 3.05) is 31.1 Å². The summed E-state index contributed by atoms with van der Waals surface area (Å²) >= 11 is 12.0. The molecule has 1 amide bonds. The molecule has 1 saturated heterocycles. The van der Waals surface area contributed by atoms with Gasteiger partial charge in [-0.25, -0.2) is 0 Å². The predicted octanol–water partition coefficient (Wildman–Crippen LogP) is 3.30. The van der Waals surface area contributed by atoms with Gasteiger partial charge in [-0.2, -0.15) is 0 Å². The van der Waals surface area contributed by atoms with Crippen LogP contribution in [-0.4, -0.2) is 37.0 Å². The number of piperazine rings is 1. The Morgan fingerprint density at radius 1 is 1.15 bits per heavy atom. The zero-order chi connectivity index (χ0) is 14.3. The third-order valence-corrected chi connectivity index (χ3v) is 5.03. The van der Waals surface area contributed by atoms with Crippen LogP contribution in [0.1, 0.15) is 13.3 Å². The van der Waals surface area contributed by atoms with Crippen LogP contribution in [0.25, 0.3) is 0 Å². The topological polar surface area (TPSA) is 23.6 Å². The van der Waals surface area contributed by atoms with Gasteiger partial charge in [0.2, 0.25) is 5.91 Å². The van der Waals surface area contributed by atoms with Crippen LogP contribution in [0.3, 0.4) is 0 Å². The van der Waals surface area contributed by atoms with Gasteiger partial charge >= 0.3 is 0 Å². The summed E-state index contributed by atoms with van der Waals surface area (Å²) in [4.78, 5) is 16.4. The summed E-state index contributed by atoms with van der Waals surface area (Å²) in [5.41, 5.74) is 1.08. The number of anilines is 1. The summed E-state index contributed by atoms with van der Waals surface area (Å²) in [5.74, 6) is 1.20. The van der Waals surface area contributed by atoms with Crippen LogP contribution in [0.2, 0.25) is 10.0 Å². The van der Waals surface area contributed by atoms with Crippen LogP contribution < -0.4 is 4.90 Å². The van der Waals surface area contributed by atoms with Crippen LogP contribution in [0.15, 0.2) is 18.2 Å². The number of amides is 1. The van der Waals surface area contributed by atoms with Crippen LogP contribution in [-0.2, 0) is 4.79 Å². The summed E-state index contributed by atoms with van der Waals surface area (Å²) in [5, 5.41) is 1.15. The van der Waals surface area contributed by atoms with E-state index in [0.29, 0.717) is 21.9 Å². The minimum absolute atomic E-state index is 0.284. The molecule has 3 rings (SSSR count). The number of hydrogen-bond acceptors (Lipinski definition) is 2. The molecule has 1 aromatic carbocycles. The monoisotopic (exact) mass is 312 g/mol. The number of rotatable bonds is 2. The molecule has 2 aliphatic rings. The van der Waals surface area contributed by atoms with E-state index in [1.165, 1.54) is 0 Å². The fraction of sp³-hybridized carbons (Fsp3) is 0.533. The van der Waals surface area contributed by atoms with Gasteiger partial charge in [-0.05, 0) is 30.5 Å². The fourth-order valence-electron chi connectivity index (χ4n) is 2.77. The van der Waals surface area contributed by atoms with Crippen molar-refractivity contribution in [2.45, 2.75) is 13.3 Å². The van der Waals surface area contributed by atoms with Crippen LogP contribution in [0.4, 0.5) is 5.69 Å². The quantitative estimate of drug-likeness (QED) is 0.836. The van der Waals surface area contributed by atoms with Crippen LogP contribution in [0, 0.1) is 11.8 Å². The number of hydrogen-bond donors (Lipinski definition) is 0. The van der Waals surface area contributed by atoms with E-state index in [1.54, 1.807) is 0 Å². The smallest absolute Gasteiger partial charge is 0.226 e. The molecule has 0 bridgehead atoms. The van der Waals surface area contributed by atoms with Gasteiger partial charge in [0.15, 0.2) is 0 Å². The average molecular weight is 313 g/mol. The van der Waals surface area contributed by atoms with Crippen molar-refractivity contribution in [3.05, 3.63) is 28.2 Å². The summed E-state index contributed by atoms with van der Waals surface area (Å²) in [6.07, 6.45) is 1.06. The zero-order valence-electron chi connectivity index (χ0n) is 11.5. The highest BCUT2D eigenvalue weighted by Crippen LogP contribution is 2.39. The van der Waals surface area contributed by atoms with Crippen molar-refractivity contribution in [3.63, 3.8) is 0 Å². The Bertz CT molecular complexity index is 527. The molecule has 1 heterocycles. The van der Waals surface area contributed by atoms with Crippen molar-refractivity contribution in [1.29, 1.82) is 0 Å². The highest BCUT2D eigenvalue weighted by Gasteiger charge is 2.41. The Balaban J connectivity index is 1.60. The molecule has 20 heavy (non-hydrogen) atoms. The maximum atomic E-state index is 12.2. The first-order valence-electron chi connectivity index (χ1n) is 7.05. The molecule has 2 atom stereocenters. The lowest BCUT2D eigenvalue weighted by Gasteiger charge is -2.36. The first-order valence-corrected chi connectivity index (χ1v) is 7.80. The second-order valence-electron chi connectivity index (χ2n) is 5.73. The first kappa shape index (κ1) is 14.0. The number of halogens is 2. The number of nitrogens with zero attached hydrogens (tertiary/aromatic N) is 2. The maximum Gasteiger partial charge on any atom is 0.226 e. The van der Waals surface area contributed by atoms with Crippen molar-refractivity contribution in [2.24, 2.45) is 11.8 Å². The third-order valence-electron chi connectivity index (χ3n) is 4.29. The summed E-state index contributed by atoms with van der Waals surface area (Å²) in [6.45, 7) is 5.44. The summed E-state index contributed by atoms with van der Waals surface area (Å²) in [6, 6.07) is 5.70. The van der Waals surface area contributed by atoms with Gasteiger partial charge in [-0.15, -0.1) is 0 Å². The van der Waals surface area contributed by atoms with Gasteiger partial charge in [0, 0.05) is 37.8 Å². The minimum atomic E-state index is 0.284. The number of carbonyl (C=O) groups is 1. The molecule has 0 spiro atoms. The van der Waals surface area contributed by atoms with Gasteiger partial charge in [0.1, 0.15) is 0 Å². The molecule has 0 aromatic heterocycles. The molecule has 0 radical (unpaired) electrons. The van der Waals surface area contributed by atoms with Crippen molar-refractivity contribution in [3.8, 4) is 0 Å². The van der Waals surface area contributed by atoms with E-state index in [-0.39, 0.29) is 5.92 Å². The molecule has 1 saturated carbocycles. The van der Waals surface area contributed by atoms with E-state index in [0.717, 1.165) is 38.3 Å². The molecule has 1 aliphatic heterocycles. The molecule has 2 unspecified atom stereocenters. The van der Waals surface area contributed by atoms with Gasteiger partial charge in [-0.1, -0.05) is 30.1 Å². The molecular weight excluding hydrogens is 295 g/mol. The molecule has 1 aliphatic carbocycles. The highest BCUT2D eigenvalue weighted by atomic mass is 35.5. The molecule has 0 N–H and O–H groups in total. The summed E-state index contributed by atoms with van der Waals surface area (Å²) in [7, 11) is 0. The lowest BCUT2D eigenvalue weighted by Crippen LogP contribution is -2.49. The second kappa shape index (κ2) is 5.45. The third kappa shape index (κ3) is 2.75. The van der Waals surface area contributed by atoms with Gasteiger partial charge in [0.25, 0.3) is 0 Å². The Morgan fingerprint density at radius 3 is 2.35 bits per heavy atom. The van der Waals surface area contributed by atoms with Crippen molar-refractivity contribution < 1.29 is 4.79 Å². The second-order valence-corrected chi connectivity index (χ2v) is 6.54. The molecular formula is C15H18Cl2N2O. The molecule has 2 fully saturated rings. The van der Waals surface area contributed by atoms with Gasteiger partial charge in [0.05, 0.1) is 10.0 Å². The van der Waals surface area contributed by atoms with E-state index in [1.807, 2.05) is 23.1 Å². The Labute approximate surface area is 129 Å². The van der Waals surface area contributed by atoms with Crippen molar-refractivity contribution >= 4 is 34.8 Å². The van der Waals surface area contributed by atoms with E-state index >= 15 is 0 Å². The summed E-state index contributed by atoms with van der Waals surface area (Å²) < 4.78 is 0. The largest absolute Gasteiger partial charge is 0.368 e. The number of benzene rings is 1. The van der Waals surface area contributed by atoms with E-state index in [2.05, 4.69) is 11.8 Å². The normalized spacial score (nSPS) is 25.8. The first-order chi connectivity index (χ1) is 9.56. The van der Waals surface area contributed by atoms with Crippen molar-refractivity contribution in [1.82, 2.24) is 4.90 Å². The Kier molecular flexibility index (Phi) is 3.83. The number of carbonyl (C=O) groups excluding carboxylic acids is 1. The Hall–Kier alpha value is -0.930. The van der Waals surface area contributed by atoms with E-state index in [9.17, 15) is 4.79 Å². The molecule has 1 aromatic rings. The Morgan fingerprint density at radius 2 is 1.80 bits per heavy atom. The van der Waals surface area contributed by atoms with Crippen LogP contribution in [0.5, 0.6) is 0 Å². The maximum absolute atomic E-state index is 12.2. The lowest BCUT2D eigenvalue weighted by atomic mass is 10.2. The zero-order valence-corrected chi connectivity index (χ0v) is 13.0. The highest BCUT2D eigenvalue weighted by molar-refractivity contribution is 6.42. The van der Waals surface area contributed by atoms with E-state index in [4.69, 9.17) is 23.2 Å². The van der Waals surface area contributed by atoms with Gasteiger partial charge in [-0.3, -0.25) is 4.79 Å². The predicted molar refractivity (Wildman–Crippen MR) is 82.5 cm³/mol. The SMILES string of the molecule is CC1CC1C(=O)N1CCN(c2ccc(Cl)c(Cl)c2)CC1.